The number of carbonyl (C=O) groups is 1. The van der Waals surface area contributed by atoms with Crippen LogP contribution >= 0.6 is 0 Å². The Balaban J connectivity index is 1.57. The number of nitrogens with zero attached hydrogens (tertiary/aromatic N) is 2. The van der Waals surface area contributed by atoms with Gasteiger partial charge in [0.25, 0.3) is 5.91 Å². The topological polar surface area (TPSA) is 75.0 Å². The van der Waals surface area contributed by atoms with Crippen molar-refractivity contribution in [3.8, 4) is 17.6 Å². The van der Waals surface area contributed by atoms with E-state index in [0.717, 1.165) is 16.9 Å². The van der Waals surface area contributed by atoms with Crippen molar-refractivity contribution in [1.29, 1.82) is 5.26 Å². The van der Waals surface area contributed by atoms with Crippen molar-refractivity contribution >= 4 is 5.91 Å². The summed E-state index contributed by atoms with van der Waals surface area (Å²) in [6.07, 6.45) is 1.52. The molecule has 1 amide bonds. The lowest BCUT2D eigenvalue weighted by atomic mass is 10.1. The van der Waals surface area contributed by atoms with Gasteiger partial charge in [-0.25, -0.2) is 4.98 Å². The molecule has 1 heterocycles. The molecule has 0 aliphatic rings. The molecular formula is C21H17N3O2. The predicted molar refractivity (Wildman–Crippen MR) is 97.8 cm³/mol. The molecule has 128 valence electrons. The Morgan fingerprint density at radius 1 is 1.04 bits per heavy atom. The molecule has 26 heavy (non-hydrogen) atoms. The Labute approximate surface area is 151 Å². The third kappa shape index (κ3) is 4.46. The second kappa shape index (κ2) is 7.95. The number of pyridine rings is 1. The van der Waals surface area contributed by atoms with Crippen molar-refractivity contribution in [2.24, 2.45) is 0 Å². The van der Waals surface area contributed by atoms with Gasteiger partial charge in [0.1, 0.15) is 17.2 Å². The maximum atomic E-state index is 12.2. The van der Waals surface area contributed by atoms with Crippen LogP contribution in [0.3, 0.4) is 0 Å². The van der Waals surface area contributed by atoms with Crippen LogP contribution in [0.5, 0.6) is 11.5 Å². The van der Waals surface area contributed by atoms with Crippen molar-refractivity contribution in [1.82, 2.24) is 10.3 Å². The van der Waals surface area contributed by atoms with E-state index in [0.29, 0.717) is 23.6 Å². The van der Waals surface area contributed by atoms with Gasteiger partial charge in [-0.05, 0) is 48.9 Å². The average Bonchev–Trinajstić information content (AvgIpc) is 2.69. The molecule has 0 bridgehead atoms. The second-order valence-electron chi connectivity index (χ2n) is 5.79. The van der Waals surface area contributed by atoms with Crippen molar-refractivity contribution in [2.45, 2.75) is 13.5 Å². The summed E-state index contributed by atoms with van der Waals surface area (Å²) in [7, 11) is 0. The van der Waals surface area contributed by atoms with Gasteiger partial charge in [0.05, 0.1) is 17.8 Å². The van der Waals surface area contributed by atoms with Crippen molar-refractivity contribution < 1.29 is 9.53 Å². The lowest BCUT2D eigenvalue weighted by Gasteiger charge is -2.07. The smallest absolute Gasteiger partial charge is 0.270 e. The zero-order valence-electron chi connectivity index (χ0n) is 14.3. The summed E-state index contributed by atoms with van der Waals surface area (Å²) >= 11 is 0. The van der Waals surface area contributed by atoms with Crippen molar-refractivity contribution in [3.63, 3.8) is 0 Å². The van der Waals surface area contributed by atoms with Crippen molar-refractivity contribution in [3.05, 3.63) is 89.2 Å². The Kier molecular flexibility index (Phi) is 5.25. The summed E-state index contributed by atoms with van der Waals surface area (Å²) in [4.78, 5) is 16.3. The average molecular weight is 343 g/mol. The molecule has 0 aliphatic carbocycles. The number of hydrogen-bond acceptors (Lipinski definition) is 4. The Morgan fingerprint density at radius 2 is 1.73 bits per heavy atom. The lowest BCUT2D eigenvalue weighted by molar-refractivity contribution is 0.0946. The molecule has 0 radical (unpaired) electrons. The summed E-state index contributed by atoms with van der Waals surface area (Å²) in [5, 5.41) is 11.6. The zero-order valence-corrected chi connectivity index (χ0v) is 14.3. The minimum absolute atomic E-state index is 0.267. The van der Waals surface area contributed by atoms with E-state index in [4.69, 9.17) is 10.00 Å². The van der Waals surface area contributed by atoms with Crippen LogP contribution in [-0.4, -0.2) is 10.9 Å². The van der Waals surface area contributed by atoms with Crippen LogP contribution in [0.4, 0.5) is 0 Å². The van der Waals surface area contributed by atoms with Gasteiger partial charge in [0, 0.05) is 6.54 Å². The van der Waals surface area contributed by atoms with Gasteiger partial charge in [-0.2, -0.15) is 5.26 Å². The fourth-order valence-corrected chi connectivity index (χ4v) is 2.29. The van der Waals surface area contributed by atoms with Gasteiger partial charge in [0.2, 0.25) is 0 Å². The largest absolute Gasteiger partial charge is 0.456 e. The second-order valence-corrected chi connectivity index (χ2v) is 5.79. The SMILES string of the molecule is Cc1ccc(Oc2ccc(C(=O)NCc3ccc(C#N)cc3)nc2)cc1. The van der Waals surface area contributed by atoms with Crippen LogP contribution in [-0.2, 0) is 6.54 Å². The number of aryl methyl sites for hydroxylation is 1. The lowest BCUT2D eigenvalue weighted by Crippen LogP contribution is -2.23. The van der Waals surface area contributed by atoms with E-state index in [2.05, 4.69) is 16.4 Å². The van der Waals surface area contributed by atoms with E-state index in [9.17, 15) is 4.79 Å². The minimum Gasteiger partial charge on any atom is -0.456 e. The molecule has 1 aromatic heterocycles. The number of hydrogen-bond donors (Lipinski definition) is 1. The number of benzene rings is 2. The highest BCUT2D eigenvalue weighted by molar-refractivity contribution is 5.92. The number of carbonyl (C=O) groups excluding carboxylic acids is 1. The highest BCUT2D eigenvalue weighted by Gasteiger charge is 2.07. The summed E-state index contributed by atoms with van der Waals surface area (Å²) in [5.41, 5.74) is 2.97. The quantitative estimate of drug-likeness (QED) is 0.760. The summed E-state index contributed by atoms with van der Waals surface area (Å²) in [6, 6.07) is 20.2. The normalized spacial score (nSPS) is 10.0. The zero-order chi connectivity index (χ0) is 18.4. The monoisotopic (exact) mass is 343 g/mol. The number of rotatable bonds is 5. The molecule has 2 aromatic carbocycles. The van der Waals surface area contributed by atoms with E-state index in [-0.39, 0.29) is 5.91 Å². The molecule has 0 atom stereocenters. The van der Waals surface area contributed by atoms with Gasteiger partial charge >= 0.3 is 0 Å². The number of aromatic nitrogens is 1. The van der Waals surface area contributed by atoms with E-state index < -0.39 is 0 Å². The number of amides is 1. The molecular weight excluding hydrogens is 326 g/mol. The van der Waals surface area contributed by atoms with E-state index in [1.807, 2.05) is 43.3 Å². The van der Waals surface area contributed by atoms with E-state index in [1.54, 1.807) is 24.3 Å². The predicted octanol–water partition coefficient (Wildman–Crippen LogP) is 3.98. The van der Waals surface area contributed by atoms with Crippen LogP contribution in [0.25, 0.3) is 0 Å². The van der Waals surface area contributed by atoms with Crippen molar-refractivity contribution in [2.75, 3.05) is 0 Å². The van der Waals surface area contributed by atoms with Crippen LogP contribution < -0.4 is 10.1 Å². The van der Waals surface area contributed by atoms with Crippen LogP contribution in [0, 0.1) is 18.3 Å². The van der Waals surface area contributed by atoms with Gasteiger partial charge in [-0.3, -0.25) is 4.79 Å². The molecule has 5 heteroatoms. The highest BCUT2D eigenvalue weighted by atomic mass is 16.5. The van der Waals surface area contributed by atoms with E-state index in [1.165, 1.54) is 6.20 Å². The third-order valence-corrected chi connectivity index (χ3v) is 3.76. The summed E-state index contributed by atoms with van der Waals surface area (Å²) < 4.78 is 5.70. The molecule has 0 saturated carbocycles. The molecule has 0 spiro atoms. The molecule has 0 unspecified atom stereocenters. The third-order valence-electron chi connectivity index (χ3n) is 3.76. The van der Waals surface area contributed by atoms with Gasteiger partial charge in [-0.1, -0.05) is 29.8 Å². The summed E-state index contributed by atoms with van der Waals surface area (Å²) in [6.45, 7) is 2.38. The molecule has 1 N–H and O–H groups in total. The fraction of sp³-hybridized carbons (Fsp3) is 0.0952. The fourth-order valence-electron chi connectivity index (χ4n) is 2.29. The molecule has 0 aliphatic heterocycles. The maximum absolute atomic E-state index is 12.2. The van der Waals surface area contributed by atoms with Gasteiger partial charge in [-0.15, -0.1) is 0 Å². The van der Waals surface area contributed by atoms with E-state index >= 15 is 0 Å². The first-order chi connectivity index (χ1) is 12.6. The van der Waals surface area contributed by atoms with Crippen LogP contribution in [0.2, 0.25) is 0 Å². The Hall–Kier alpha value is -3.65. The minimum atomic E-state index is -0.267. The maximum Gasteiger partial charge on any atom is 0.270 e. The van der Waals surface area contributed by atoms with Gasteiger partial charge < -0.3 is 10.1 Å². The first kappa shape index (κ1) is 17.2. The number of ether oxygens (including phenoxy) is 1. The highest BCUT2D eigenvalue weighted by Crippen LogP contribution is 2.20. The Bertz CT molecular complexity index is 925. The first-order valence-electron chi connectivity index (χ1n) is 8.12. The number of nitrogens with one attached hydrogen (secondary N) is 1. The molecule has 0 fully saturated rings. The molecule has 3 aromatic rings. The molecule has 0 saturated heterocycles. The van der Waals surface area contributed by atoms with Crippen LogP contribution in [0.1, 0.15) is 27.2 Å². The molecule has 3 rings (SSSR count). The summed E-state index contributed by atoms with van der Waals surface area (Å²) in [5.74, 6) is 1.02. The number of nitriles is 1. The Morgan fingerprint density at radius 3 is 2.35 bits per heavy atom. The standard InChI is InChI=1S/C21H17N3O2/c1-15-2-8-18(9-3-15)26-19-10-11-20(23-14-19)21(25)24-13-17-6-4-16(12-22)5-7-17/h2-11,14H,13H2,1H3,(H,24,25). The first-order valence-corrected chi connectivity index (χ1v) is 8.12. The molecule has 5 nitrogen and oxygen atoms in total. The van der Waals surface area contributed by atoms with Gasteiger partial charge in [0.15, 0.2) is 0 Å². The van der Waals surface area contributed by atoms with Crippen LogP contribution in [0.15, 0.2) is 66.9 Å².